The van der Waals surface area contributed by atoms with E-state index in [2.05, 4.69) is 78.8 Å². The van der Waals surface area contributed by atoms with Crippen molar-refractivity contribution in [3.63, 3.8) is 0 Å². The van der Waals surface area contributed by atoms with Crippen LogP contribution >= 0.6 is 15.9 Å². The molecular weight excluding hydrogens is 288 g/mol. The molecule has 3 heteroatoms. The second-order valence-corrected chi connectivity index (χ2v) is 5.72. The third-order valence-electron chi connectivity index (χ3n) is 3.19. The number of alkyl halides is 1. The van der Waals surface area contributed by atoms with Gasteiger partial charge in [0.05, 0.1) is 0 Å². The standard InChI is InChI=1S/C15H25BrN2/c1-6-18(13(3)11-17(4)5)15-8-7-12(2)9-14(15)10-16/h7-9,13H,6,10-11H2,1-5H3. The van der Waals surface area contributed by atoms with Crippen LogP contribution in [0.1, 0.15) is 25.0 Å². The number of likely N-dealkylation sites (N-methyl/N-ethyl adjacent to an activating group) is 2. The smallest absolute Gasteiger partial charge is 0.0410 e. The Morgan fingerprint density at radius 2 is 1.94 bits per heavy atom. The number of hydrogen-bond donors (Lipinski definition) is 0. The zero-order chi connectivity index (χ0) is 13.7. The van der Waals surface area contributed by atoms with Crippen molar-refractivity contribution in [1.82, 2.24) is 4.90 Å². The summed E-state index contributed by atoms with van der Waals surface area (Å²) >= 11 is 3.60. The van der Waals surface area contributed by atoms with E-state index in [4.69, 9.17) is 0 Å². The van der Waals surface area contributed by atoms with Gasteiger partial charge in [0.15, 0.2) is 0 Å². The molecule has 0 radical (unpaired) electrons. The zero-order valence-electron chi connectivity index (χ0n) is 12.2. The van der Waals surface area contributed by atoms with Gasteiger partial charge in [-0.25, -0.2) is 0 Å². The van der Waals surface area contributed by atoms with Gasteiger partial charge < -0.3 is 9.80 Å². The number of benzene rings is 1. The van der Waals surface area contributed by atoms with E-state index in [1.165, 1.54) is 16.8 Å². The van der Waals surface area contributed by atoms with E-state index < -0.39 is 0 Å². The molecule has 0 aliphatic heterocycles. The highest BCUT2D eigenvalue weighted by Crippen LogP contribution is 2.26. The first-order chi connectivity index (χ1) is 8.49. The predicted octanol–water partition coefficient (Wildman–Crippen LogP) is 3.67. The van der Waals surface area contributed by atoms with E-state index in [1.54, 1.807) is 0 Å². The average Bonchev–Trinajstić information content (AvgIpc) is 2.30. The topological polar surface area (TPSA) is 6.48 Å². The van der Waals surface area contributed by atoms with Crippen molar-refractivity contribution >= 4 is 21.6 Å². The van der Waals surface area contributed by atoms with E-state index >= 15 is 0 Å². The minimum Gasteiger partial charge on any atom is -0.368 e. The van der Waals surface area contributed by atoms with Gasteiger partial charge >= 0.3 is 0 Å². The lowest BCUT2D eigenvalue weighted by molar-refractivity contribution is 0.373. The number of halogens is 1. The highest BCUT2D eigenvalue weighted by atomic mass is 79.9. The van der Waals surface area contributed by atoms with Gasteiger partial charge in [-0.15, -0.1) is 0 Å². The molecule has 0 heterocycles. The van der Waals surface area contributed by atoms with Crippen molar-refractivity contribution in [3.8, 4) is 0 Å². The van der Waals surface area contributed by atoms with Crippen LogP contribution in [0.3, 0.4) is 0 Å². The van der Waals surface area contributed by atoms with E-state index in [9.17, 15) is 0 Å². The zero-order valence-corrected chi connectivity index (χ0v) is 13.8. The van der Waals surface area contributed by atoms with Gasteiger partial charge in [0.1, 0.15) is 0 Å². The molecule has 102 valence electrons. The fraction of sp³-hybridized carbons (Fsp3) is 0.600. The molecule has 1 rings (SSSR count). The van der Waals surface area contributed by atoms with Gasteiger partial charge in [-0.3, -0.25) is 0 Å². The molecule has 0 fully saturated rings. The molecule has 1 aromatic rings. The van der Waals surface area contributed by atoms with Crippen LogP contribution in [0.25, 0.3) is 0 Å². The minimum absolute atomic E-state index is 0.519. The number of hydrogen-bond acceptors (Lipinski definition) is 2. The van der Waals surface area contributed by atoms with Crippen LogP contribution in [0.15, 0.2) is 18.2 Å². The van der Waals surface area contributed by atoms with E-state index in [-0.39, 0.29) is 0 Å². The summed E-state index contributed by atoms with van der Waals surface area (Å²) in [6.07, 6.45) is 0. The van der Waals surface area contributed by atoms with Crippen LogP contribution in [0.2, 0.25) is 0 Å². The van der Waals surface area contributed by atoms with Gasteiger partial charge in [0, 0.05) is 30.1 Å². The molecule has 18 heavy (non-hydrogen) atoms. The Kier molecular flexibility index (Phi) is 6.16. The van der Waals surface area contributed by atoms with Gasteiger partial charge in [-0.05, 0) is 46.5 Å². The first kappa shape index (κ1) is 15.5. The van der Waals surface area contributed by atoms with Crippen LogP contribution in [0.5, 0.6) is 0 Å². The fourth-order valence-electron chi connectivity index (χ4n) is 2.45. The summed E-state index contributed by atoms with van der Waals surface area (Å²) in [5, 5.41) is 0.912. The normalized spacial score (nSPS) is 12.8. The lowest BCUT2D eigenvalue weighted by atomic mass is 10.1. The summed E-state index contributed by atoms with van der Waals surface area (Å²) in [5.41, 5.74) is 4.06. The summed E-state index contributed by atoms with van der Waals surface area (Å²) < 4.78 is 0. The third-order valence-corrected chi connectivity index (χ3v) is 3.79. The SMILES string of the molecule is CCN(c1ccc(C)cc1CBr)C(C)CN(C)C. The van der Waals surface area contributed by atoms with Crippen molar-refractivity contribution in [1.29, 1.82) is 0 Å². The molecule has 0 aliphatic rings. The van der Waals surface area contributed by atoms with Crippen LogP contribution in [0, 0.1) is 6.92 Å². The monoisotopic (exact) mass is 312 g/mol. The summed E-state index contributed by atoms with van der Waals surface area (Å²) in [4.78, 5) is 4.73. The number of nitrogens with zero attached hydrogens (tertiary/aromatic N) is 2. The third kappa shape index (κ3) is 3.99. The Morgan fingerprint density at radius 1 is 1.28 bits per heavy atom. The van der Waals surface area contributed by atoms with Crippen LogP contribution in [-0.4, -0.2) is 38.1 Å². The van der Waals surface area contributed by atoms with Crippen molar-refractivity contribution in [2.75, 3.05) is 32.1 Å². The van der Waals surface area contributed by atoms with Crippen molar-refractivity contribution in [3.05, 3.63) is 29.3 Å². The Morgan fingerprint density at radius 3 is 2.44 bits per heavy atom. The summed E-state index contributed by atoms with van der Waals surface area (Å²) in [5.74, 6) is 0. The van der Waals surface area contributed by atoms with E-state index in [0.717, 1.165) is 18.4 Å². The molecule has 0 bridgehead atoms. The molecule has 1 atom stereocenters. The van der Waals surface area contributed by atoms with Crippen LogP contribution in [-0.2, 0) is 5.33 Å². The Hall–Kier alpha value is -0.540. The van der Waals surface area contributed by atoms with E-state index in [1.807, 2.05) is 0 Å². The predicted molar refractivity (Wildman–Crippen MR) is 84.8 cm³/mol. The molecule has 1 aromatic carbocycles. The first-order valence-corrected chi connectivity index (χ1v) is 7.68. The lowest BCUT2D eigenvalue weighted by Gasteiger charge is -2.33. The van der Waals surface area contributed by atoms with Gasteiger partial charge in [0.2, 0.25) is 0 Å². The maximum Gasteiger partial charge on any atom is 0.0410 e. The minimum atomic E-state index is 0.519. The fourth-order valence-corrected chi connectivity index (χ4v) is 2.90. The first-order valence-electron chi connectivity index (χ1n) is 6.56. The summed E-state index contributed by atoms with van der Waals surface area (Å²) in [6, 6.07) is 7.24. The molecule has 0 amide bonds. The number of rotatable bonds is 6. The highest BCUT2D eigenvalue weighted by molar-refractivity contribution is 9.08. The molecule has 0 aliphatic carbocycles. The Bertz CT molecular complexity index is 377. The summed E-state index contributed by atoms with van der Waals surface area (Å²) in [6.45, 7) is 8.78. The molecule has 0 saturated carbocycles. The molecule has 0 saturated heterocycles. The summed E-state index contributed by atoms with van der Waals surface area (Å²) in [7, 11) is 4.26. The highest BCUT2D eigenvalue weighted by Gasteiger charge is 2.16. The van der Waals surface area contributed by atoms with Crippen molar-refractivity contribution in [2.24, 2.45) is 0 Å². The molecule has 1 unspecified atom stereocenters. The molecular formula is C15H25BrN2. The second kappa shape index (κ2) is 7.15. The second-order valence-electron chi connectivity index (χ2n) is 5.16. The van der Waals surface area contributed by atoms with Gasteiger partial charge in [0.25, 0.3) is 0 Å². The maximum atomic E-state index is 3.60. The van der Waals surface area contributed by atoms with Crippen LogP contribution < -0.4 is 4.90 Å². The average molecular weight is 313 g/mol. The number of aryl methyl sites for hydroxylation is 1. The molecule has 0 spiro atoms. The quantitative estimate of drug-likeness (QED) is 0.740. The lowest BCUT2D eigenvalue weighted by Crippen LogP contribution is -2.40. The molecule has 0 N–H and O–H groups in total. The van der Waals surface area contributed by atoms with Crippen molar-refractivity contribution < 1.29 is 0 Å². The molecule has 0 aromatic heterocycles. The van der Waals surface area contributed by atoms with Crippen LogP contribution in [0.4, 0.5) is 5.69 Å². The maximum absolute atomic E-state index is 3.60. The Balaban J connectivity index is 3.00. The molecule has 2 nitrogen and oxygen atoms in total. The Labute approximate surface area is 120 Å². The van der Waals surface area contributed by atoms with Gasteiger partial charge in [-0.2, -0.15) is 0 Å². The van der Waals surface area contributed by atoms with E-state index in [0.29, 0.717) is 6.04 Å². The van der Waals surface area contributed by atoms with Crippen molar-refractivity contribution in [2.45, 2.75) is 32.1 Å². The largest absolute Gasteiger partial charge is 0.368 e. The van der Waals surface area contributed by atoms with Gasteiger partial charge in [-0.1, -0.05) is 33.6 Å². The number of anilines is 1.